The topological polar surface area (TPSA) is 138 Å². The molecule has 1 saturated heterocycles. The van der Waals surface area contributed by atoms with E-state index in [1.165, 1.54) is 4.90 Å². The van der Waals surface area contributed by atoms with Gasteiger partial charge in [-0.3, -0.25) is 20.0 Å². The Bertz CT molecular complexity index is 1240. The summed E-state index contributed by atoms with van der Waals surface area (Å²) in [5.74, 6) is -2.21. The summed E-state index contributed by atoms with van der Waals surface area (Å²) in [6.07, 6.45) is -0.216. The van der Waals surface area contributed by atoms with E-state index in [2.05, 4.69) is 32.6 Å². The van der Waals surface area contributed by atoms with E-state index in [1.54, 1.807) is 0 Å². The Morgan fingerprint density at radius 3 is 2.40 bits per heavy atom. The van der Waals surface area contributed by atoms with E-state index >= 15 is 0 Å². The largest absolute Gasteiger partial charge is 0.481 e. The zero-order chi connectivity index (χ0) is 24.5. The molecule has 1 aliphatic heterocycles. The van der Waals surface area contributed by atoms with Gasteiger partial charge in [-0.2, -0.15) is 4.98 Å². The summed E-state index contributed by atoms with van der Waals surface area (Å²) >= 11 is 0. The highest BCUT2D eigenvalue weighted by molar-refractivity contribution is 5.92. The fourth-order valence-corrected chi connectivity index (χ4v) is 4.99. The van der Waals surface area contributed by atoms with Crippen molar-refractivity contribution < 1.29 is 24.2 Å². The Labute approximate surface area is 201 Å². The molecule has 2 amide bonds. The van der Waals surface area contributed by atoms with Crippen molar-refractivity contribution in [3.63, 3.8) is 0 Å². The number of nitrogens with one attached hydrogen (secondary N) is 2. The van der Waals surface area contributed by atoms with Crippen molar-refractivity contribution in [1.29, 1.82) is 0 Å². The minimum absolute atomic E-state index is 0.0511. The van der Waals surface area contributed by atoms with Crippen LogP contribution in [0.15, 0.2) is 48.5 Å². The predicted molar refractivity (Wildman–Crippen MR) is 126 cm³/mol. The summed E-state index contributed by atoms with van der Waals surface area (Å²) in [6.45, 7) is 2.57. The number of carbonyl (C=O) groups is 3. The number of amides is 2. The molecule has 0 bridgehead atoms. The smallest absolute Gasteiger partial charge is 0.414 e. The molecule has 0 radical (unpaired) electrons. The molecule has 2 aromatic carbocycles. The number of piperidine rings is 1. The van der Waals surface area contributed by atoms with Crippen molar-refractivity contribution in [3.05, 3.63) is 65.5 Å². The van der Waals surface area contributed by atoms with Crippen LogP contribution in [0.5, 0.6) is 0 Å². The highest BCUT2D eigenvalue weighted by atomic mass is 16.5. The highest BCUT2D eigenvalue weighted by Gasteiger charge is 2.33. The number of benzene rings is 2. The zero-order valence-corrected chi connectivity index (χ0v) is 19.1. The first-order valence-electron chi connectivity index (χ1n) is 11.5. The van der Waals surface area contributed by atoms with Gasteiger partial charge in [0.2, 0.25) is 5.82 Å². The van der Waals surface area contributed by atoms with Gasteiger partial charge in [0.1, 0.15) is 6.61 Å². The molecule has 2 atom stereocenters. The number of carbonyl (C=O) groups excluding carboxylic acids is 2. The van der Waals surface area contributed by atoms with Crippen molar-refractivity contribution in [2.75, 3.05) is 25.0 Å². The van der Waals surface area contributed by atoms with E-state index in [1.807, 2.05) is 43.3 Å². The maximum atomic E-state index is 12.8. The Hall–Kier alpha value is -4.21. The van der Waals surface area contributed by atoms with Gasteiger partial charge < -0.3 is 14.7 Å². The van der Waals surface area contributed by atoms with Gasteiger partial charge in [0.25, 0.3) is 11.9 Å². The molecule has 2 heterocycles. The number of H-pyrrole nitrogens is 1. The second-order valence-corrected chi connectivity index (χ2v) is 9.04. The molecule has 2 unspecified atom stereocenters. The average Bonchev–Trinajstić information content (AvgIpc) is 3.44. The maximum absolute atomic E-state index is 12.8. The number of carboxylic acids is 1. The highest BCUT2D eigenvalue weighted by Crippen LogP contribution is 2.44. The molecule has 35 heavy (non-hydrogen) atoms. The quantitative estimate of drug-likeness (QED) is 0.514. The molecule has 1 aliphatic carbocycles. The number of nitrogens with zero attached hydrogens (tertiary/aromatic N) is 3. The lowest BCUT2D eigenvalue weighted by atomic mass is 9.90. The first-order chi connectivity index (χ1) is 16.9. The standard InChI is InChI=1S/C25H25N5O5/c1-14-10-15(23(32)33)12-30(11-14)22(31)21-26-24(29-28-21)27-25(34)35-13-20-18-8-4-2-6-16(18)17-7-3-5-9-19(17)20/h2-9,14-15,20H,10-13H2,1H3,(H,32,33)(H2,26,27,28,29,34). The van der Waals surface area contributed by atoms with Crippen LogP contribution in [0.1, 0.15) is 41.0 Å². The monoisotopic (exact) mass is 475 g/mol. The van der Waals surface area contributed by atoms with Gasteiger partial charge in [-0.25, -0.2) is 4.79 Å². The van der Waals surface area contributed by atoms with Crippen LogP contribution in [0, 0.1) is 11.8 Å². The van der Waals surface area contributed by atoms with Crippen LogP contribution in [-0.2, 0) is 9.53 Å². The number of rotatable bonds is 5. The zero-order valence-electron chi connectivity index (χ0n) is 19.1. The van der Waals surface area contributed by atoms with Crippen LogP contribution < -0.4 is 5.32 Å². The Morgan fingerprint density at radius 1 is 1.09 bits per heavy atom. The van der Waals surface area contributed by atoms with Crippen molar-refractivity contribution >= 4 is 23.9 Å². The first kappa shape index (κ1) is 22.6. The average molecular weight is 476 g/mol. The lowest BCUT2D eigenvalue weighted by Crippen LogP contribution is -2.45. The van der Waals surface area contributed by atoms with E-state index in [9.17, 15) is 19.5 Å². The van der Waals surface area contributed by atoms with E-state index in [4.69, 9.17) is 4.74 Å². The van der Waals surface area contributed by atoms with E-state index in [0.29, 0.717) is 13.0 Å². The number of likely N-dealkylation sites (tertiary alicyclic amines) is 1. The van der Waals surface area contributed by atoms with Gasteiger partial charge in [-0.1, -0.05) is 55.5 Å². The van der Waals surface area contributed by atoms with Crippen LogP contribution in [-0.4, -0.2) is 62.9 Å². The third-order valence-corrected chi connectivity index (χ3v) is 6.54. The van der Waals surface area contributed by atoms with Crippen LogP contribution in [0.4, 0.5) is 10.7 Å². The first-order valence-corrected chi connectivity index (χ1v) is 11.5. The van der Waals surface area contributed by atoms with Crippen molar-refractivity contribution in [2.45, 2.75) is 19.3 Å². The molecule has 1 fully saturated rings. The normalized spacial score (nSPS) is 19.1. The summed E-state index contributed by atoms with van der Waals surface area (Å²) in [4.78, 5) is 42.1. The van der Waals surface area contributed by atoms with Gasteiger partial charge in [0.15, 0.2) is 0 Å². The second kappa shape index (κ2) is 9.21. The van der Waals surface area contributed by atoms with Crippen LogP contribution in [0.25, 0.3) is 11.1 Å². The number of hydrogen-bond acceptors (Lipinski definition) is 6. The fourth-order valence-electron chi connectivity index (χ4n) is 4.99. The SMILES string of the molecule is CC1CC(C(=O)O)CN(C(=O)c2nc(NC(=O)OCC3c4ccccc4-c4ccccc43)n[nH]2)C1. The van der Waals surface area contributed by atoms with Gasteiger partial charge in [0.05, 0.1) is 5.92 Å². The summed E-state index contributed by atoms with van der Waals surface area (Å²) in [5.41, 5.74) is 4.46. The fraction of sp³-hybridized carbons (Fsp3) is 0.320. The molecular weight excluding hydrogens is 450 g/mol. The van der Waals surface area contributed by atoms with E-state index in [0.717, 1.165) is 22.3 Å². The van der Waals surface area contributed by atoms with Gasteiger partial charge >= 0.3 is 12.1 Å². The molecule has 180 valence electrons. The summed E-state index contributed by atoms with van der Waals surface area (Å²) in [5, 5.41) is 18.2. The molecule has 3 N–H and O–H groups in total. The lowest BCUT2D eigenvalue weighted by molar-refractivity contribution is -0.143. The van der Waals surface area contributed by atoms with Gasteiger partial charge in [-0.15, -0.1) is 5.10 Å². The number of ether oxygens (including phenoxy) is 1. The third-order valence-electron chi connectivity index (χ3n) is 6.54. The Balaban J connectivity index is 1.21. The molecule has 0 spiro atoms. The second-order valence-electron chi connectivity index (χ2n) is 9.04. The number of carboxylic acid groups (broad SMARTS) is 1. The van der Waals surface area contributed by atoms with Crippen molar-refractivity contribution in [1.82, 2.24) is 20.1 Å². The van der Waals surface area contributed by atoms with Crippen molar-refractivity contribution in [3.8, 4) is 11.1 Å². The summed E-state index contributed by atoms with van der Waals surface area (Å²) in [7, 11) is 0. The number of hydrogen-bond donors (Lipinski definition) is 3. The number of fused-ring (bicyclic) bond motifs is 3. The number of aromatic nitrogens is 3. The van der Waals surface area contributed by atoms with Gasteiger partial charge in [-0.05, 0) is 34.6 Å². The summed E-state index contributed by atoms with van der Waals surface area (Å²) < 4.78 is 5.48. The molecule has 3 aromatic rings. The van der Waals surface area contributed by atoms with Gasteiger partial charge in [0, 0.05) is 19.0 Å². The maximum Gasteiger partial charge on any atom is 0.414 e. The summed E-state index contributed by atoms with van der Waals surface area (Å²) in [6, 6.07) is 16.1. The Morgan fingerprint density at radius 2 is 1.74 bits per heavy atom. The molecule has 5 rings (SSSR count). The van der Waals surface area contributed by atoms with Crippen molar-refractivity contribution in [2.24, 2.45) is 11.8 Å². The van der Waals surface area contributed by atoms with Crippen LogP contribution >= 0.6 is 0 Å². The van der Waals surface area contributed by atoms with E-state index < -0.39 is 23.9 Å². The third kappa shape index (κ3) is 4.46. The molecule has 1 aromatic heterocycles. The predicted octanol–water partition coefficient (Wildman–Crippen LogP) is 3.35. The van der Waals surface area contributed by atoms with Crippen LogP contribution in [0.3, 0.4) is 0 Å². The molecular formula is C25H25N5O5. The van der Waals surface area contributed by atoms with E-state index in [-0.39, 0.29) is 36.8 Å². The molecule has 10 nitrogen and oxygen atoms in total. The molecule has 2 aliphatic rings. The van der Waals surface area contributed by atoms with Crippen LogP contribution in [0.2, 0.25) is 0 Å². The minimum Gasteiger partial charge on any atom is -0.481 e. The lowest BCUT2D eigenvalue weighted by Gasteiger charge is -2.34. The number of anilines is 1. The Kier molecular flexibility index (Phi) is 5.94. The number of aliphatic carboxylic acids is 1. The molecule has 10 heteroatoms. The molecule has 0 saturated carbocycles. The minimum atomic E-state index is -0.926. The number of aromatic amines is 1.